The molecule has 9 nitrogen and oxygen atoms in total. The fourth-order valence-electron chi connectivity index (χ4n) is 5.61. The Morgan fingerprint density at radius 3 is 2.73 bits per heavy atom. The van der Waals surface area contributed by atoms with E-state index in [-0.39, 0.29) is 11.9 Å². The molecule has 37 heavy (non-hydrogen) atoms. The van der Waals surface area contributed by atoms with Gasteiger partial charge in [-0.3, -0.25) is 4.79 Å². The summed E-state index contributed by atoms with van der Waals surface area (Å²) < 4.78 is 10.2. The Kier molecular flexibility index (Phi) is 5.78. The summed E-state index contributed by atoms with van der Waals surface area (Å²) in [6.07, 6.45) is 2.91. The summed E-state index contributed by atoms with van der Waals surface area (Å²) in [4.78, 5) is 31.3. The SMILES string of the molecule is COc1cc(C(=O)N2CCCC(NC(=O)O)C2)cc2nc(-c3cc4ccccc4n3CC3CC3)n(C)c12. The van der Waals surface area contributed by atoms with Crippen LogP contribution in [-0.4, -0.2) is 62.4 Å². The summed E-state index contributed by atoms with van der Waals surface area (Å²) in [5.74, 6) is 1.97. The highest BCUT2D eigenvalue weighted by molar-refractivity contribution is 6.00. The zero-order valence-corrected chi connectivity index (χ0v) is 21.1. The first-order valence-corrected chi connectivity index (χ1v) is 12.8. The van der Waals surface area contributed by atoms with E-state index in [9.17, 15) is 9.59 Å². The Balaban J connectivity index is 1.40. The van der Waals surface area contributed by atoms with Gasteiger partial charge in [0.25, 0.3) is 5.91 Å². The number of carbonyl (C=O) groups excluding carboxylic acids is 1. The highest BCUT2D eigenvalue weighted by atomic mass is 16.5. The van der Waals surface area contributed by atoms with Gasteiger partial charge in [-0.15, -0.1) is 0 Å². The maximum Gasteiger partial charge on any atom is 0.404 e. The van der Waals surface area contributed by atoms with E-state index < -0.39 is 6.09 Å². The van der Waals surface area contributed by atoms with E-state index in [0.29, 0.717) is 35.8 Å². The number of fused-ring (bicyclic) bond motifs is 2. The number of carboxylic acid groups (broad SMARTS) is 1. The number of carbonyl (C=O) groups is 2. The van der Waals surface area contributed by atoms with Gasteiger partial charge in [0.15, 0.2) is 5.82 Å². The van der Waals surface area contributed by atoms with Gasteiger partial charge in [0.1, 0.15) is 11.3 Å². The molecule has 1 aliphatic carbocycles. The van der Waals surface area contributed by atoms with Crippen LogP contribution in [0.1, 0.15) is 36.0 Å². The van der Waals surface area contributed by atoms with Crippen molar-refractivity contribution in [3.8, 4) is 17.3 Å². The van der Waals surface area contributed by atoms with Crippen LogP contribution in [0.2, 0.25) is 0 Å². The number of hydrogen-bond donors (Lipinski definition) is 2. The normalized spacial score (nSPS) is 17.9. The minimum Gasteiger partial charge on any atom is -0.494 e. The van der Waals surface area contributed by atoms with Crippen LogP contribution in [0.5, 0.6) is 5.75 Å². The highest BCUT2D eigenvalue weighted by Crippen LogP contribution is 2.38. The third-order valence-corrected chi connectivity index (χ3v) is 7.61. The van der Waals surface area contributed by atoms with Gasteiger partial charge < -0.3 is 29.2 Å². The van der Waals surface area contributed by atoms with Gasteiger partial charge in [-0.05, 0) is 55.9 Å². The zero-order valence-electron chi connectivity index (χ0n) is 21.1. The third kappa shape index (κ3) is 4.28. The van der Waals surface area contributed by atoms with Crippen molar-refractivity contribution in [1.29, 1.82) is 0 Å². The first kappa shape index (κ1) is 23.4. The summed E-state index contributed by atoms with van der Waals surface area (Å²) in [5, 5.41) is 12.8. The average molecular weight is 502 g/mol. The summed E-state index contributed by atoms with van der Waals surface area (Å²) in [6.45, 7) is 1.90. The topological polar surface area (TPSA) is 102 Å². The smallest absolute Gasteiger partial charge is 0.404 e. The molecular formula is C28H31N5O4. The van der Waals surface area contributed by atoms with E-state index in [1.165, 1.54) is 23.7 Å². The minimum absolute atomic E-state index is 0.146. The molecule has 192 valence electrons. The first-order valence-electron chi connectivity index (χ1n) is 12.8. The lowest BCUT2D eigenvalue weighted by atomic mass is 10.0. The van der Waals surface area contributed by atoms with Crippen molar-refractivity contribution in [2.24, 2.45) is 13.0 Å². The number of methoxy groups -OCH3 is 1. The maximum atomic E-state index is 13.5. The van der Waals surface area contributed by atoms with E-state index in [1.54, 1.807) is 18.1 Å². The highest BCUT2D eigenvalue weighted by Gasteiger charge is 2.28. The number of aromatic nitrogens is 3. The number of likely N-dealkylation sites (tertiary alicyclic amines) is 1. The Morgan fingerprint density at radius 1 is 1.16 bits per heavy atom. The van der Waals surface area contributed by atoms with Crippen LogP contribution in [0.25, 0.3) is 33.5 Å². The van der Waals surface area contributed by atoms with Crippen molar-refractivity contribution >= 4 is 33.9 Å². The van der Waals surface area contributed by atoms with Gasteiger partial charge in [0, 0.05) is 49.2 Å². The lowest BCUT2D eigenvalue weighted by molar-refractivity contribution is 0.0692. The van der Waals surface area contributed by atoms with E-state index in [1.807, 2.05) is 17.7 Å². The molecule has 1 unspecified atom stereocenters. The molecule has 1 saturated heterocycles. The molecule has 2 aromatic carbocycles. The molecule has 9 heteroatoms. The number of ether oxygens (including phenoxy) is 1. The van der Waals surface area contributed by atoms with Crippen LogP contribution in [-0.2, 0) is 13.6 Å². The molecule has 0 bridgehead atoms. The Bertz CT molecular complexity index is 1520. The van der Waals surface area contributed by atoms with Crippen molar-refractivity contribution in [2.45, 2.75) is 38.3 Å². The number of para-hydroxylation sites is 1. The fraction of sp³-hybridized carbons (Fsp3) is 0.393. The van der Waals surface area contributed by atoms with Gasteiger partial charge in [0.05, 0.1) is 18.3 Å². The molecule has 1 atom stereocenters. The molecule has 1 aliphatic heterocycles. The lowest BCUT2D eigenvalue weighted by Gasteiger charge is -2.32. The second-order valence-corrected chi connectivity index (χ2v) is 10.2. The molecule has 6 rings (SSSR count). The molecule has 4 aromatic rings. The summed E-state index contributed by atoms with van der Waals surface area (Å²) in [5.41, 5.74) is 4.28. The third-order valence-electron chi connectivity index (χ3n) is 7.61. The maximum absolute atomic E-state index is 13.5. The number of amides is 2. The second-order valence-electron chi connectivity index (χ2n) is 10.2. The standard InChI is InChI=1S/C28H31N5O4/c1-31-25-21(30-26(31)23-13-18-6-3-4-8-22(18)33(23)15-17-9-10-17)12-19(14-24(25)37-2)27(34)32-11-5-7-20(16-32)29-28(35)36/h3-4,6,8,12-14,17,20,29H,5,7,9-11,15-16H2,1-2H3,(H,35,36). The van der Waals surface area contributed by atoms with Crippen LogP contribution >= 0.6 is 0 Å². The van der Waals surface area contributed by atoms with Crippen LogP contribution in [0.15, 0.2) is 42.5 Å². The summed E-state index contributed by atoms with van der Waals surface area (Å²) in [6, 6.07) is 13.9. The van der Waals surface area contributed by atoms with Crippen LogP contribution in [0.3, 0.4) is 0 Å². The largest absolute Gasteiger partial charge is 0.494 e. The van der Waals surface area contributed by atoms with Crippen molar-refractivity contribution < 1.29 is 19.4 Å². The quantitative estimate of drug-likeness (QED) is 0.406. The number of nitrogens with one attached hydrogen (secondary N) is 1. The minimum atomic E-state index is -1.07. The van der Waals surface area contributed by atoms with Gasteiger partial charge in [-0.2, -0.15) is 0 Å². The lowest BCUT2D eigenvalue weighted by Crippen LogP contribution is -2.49. The molecule has 3 heterocycles. The number of nitrogens with zero attached hydrogens (tertiary/aromatic N) is 4. The first-order chi connectivity index (χ1) is 17.9. The predicted molar refractivity (Wildman–Crippen MR) is 141 cm³/mol. The van der Waals surface area contributed by atoms with Crippen molar-refractivity contribution in [3.63, 3.8) is 0 Å². The molecule has 2 amide bonds. The summed E-state index contributed by atoms with van der Waals surface area (Å²) >= 11 is 0. The van der Waals surface area contributed by atoms with E-state index in [4.69, 9.17) is 14.8 Å². The molecule has 2 aliphatic rings. The molecule has 0 spiro atoms. The Hall–Kier alpha value is -4.01. The monoisotopic (exact) mass is 501 g/mol. The van der Waals surface area contributed by atoms with E-state index in [0.717, 1.165) is 36.4 Å². The van der Waals surface area contributed by atoms with Crippen LogP contribution in [0.4, 0.5) is 4.79 Å². The molecule has 1 saturated carbocycles. The van der Waals surface area contributed by atoms with Crippen LogP contribution < -0.4 is 10.1 Å². The number of piperidine rings is 1. The predicted octanol–water partition coefficient (Wildman–Crippen LogP) is 4.49. The summed E-state index contributed by atoms with van der Waals surface area (Å²) in [7, 11) is 3.59. The number of rotatable bonds is 6. The average Bonchev–Trinajstić information content (AvgIpc) is 3.56. The van der Waals surface area contributed by atoms with Gasteiger partial charge in [-0.1, -0.05) is 18.2 Å². The van der Waals surface area contributed by atoms with Crippen molar-refractivity contribution in [3.05, 3.63) is 48.0 Å². The van der Waals surface area contributed by atoms with Crippen molar-refractivity contribution in [2.75, 3.05) is 20.2 Å². The van der Waals surface area contributed by atoms with Gasteiger partial charge in [-0.25, -0.2) is 9.78 Å². The Morgan fingerprint density at radius 2 is 1.97 bits per heavy atom. The fourth-order valence-corrected chi connectivity index (χ4v) is 5.61. The molecule has 2 N–H and O–H groups in total. The molecule has 0 radical (unpaired) electrons. The van der Waals surface area contributed by atoms with E-state index >= 15 is 0 Å². The number of benzene rings is 2. The molecule has 2 aromatic heterocycles. The Labute approximate surface area is 214 Å². The molecular weight excluding hydrogens is 470 g/mol. The van der Waals surface area contributed by atoms with Crippen LogP contribution in [0, 0.1) is 5.92 Å². The van der Waals surface area contributed by atoms with Gasteiger partial charge >= 0.3 is 6.09 Å². The number of hydrogen-bond acceptors (Lipinski definition) is 4. The zero-order chi connectivity index (χ0) is 25.7. The number of imidazole rings is 1. The van der Waals surface area contributed by atoms with E-state index in [2.05, 4.69) is 40.2 Å². The van der Waals surface area contributed by atoms with Gasteiger partial charge in [0.2, 0.25) is 0 Å². The van der Waals surface area contributed by atoms with Crippen molar-refractivity contribution in [1.82, 2.24) is 24.3 Å². The molecule has 2 fully saturated rings. The second kappa shape index (κ2) is 9.14. The number of aryl methyl sites for hydroxylation is 1.